The van der Waals surface area contributed by atoms with E-state index in [-0.39, 0.29) is 15.8 Å². The van der Waals surface area contributed by atoms with Gasteiger partial charge in [-0.15, -0.1) is 0 Å². The zero-order valence-corrected chi connectivity index (χ0v) is 12.7. The number of rotatable bonds is 5. The summed E-state index contributed by atoms with van der Waals surface area (Å²) in [5.41, 5.74) is 0. The zero-order valence-electron chi connectivity index (χ0n) is 10.3. The third-order valence-electron chi connectivity index (χ3n) is 2.98. The van der Waals surface area contributed by atoms with E-state index in [2.05, 4.69) is 0 Å². The fraction of sp³-hybridized carbons (Fsp3) is 0.455. The molecule has 0 amide bonds. The summed E-state index contributed by atoms with van der Waals surface area (Å²) in [7, 11) is -2.20. The molecule has 1 fully saturated rings. The molecule has 0 atom stereocenters. The van der Waals surface area contributed by atoms with Crippen molar-refractivity contribution in [3.63, 3.8) is 0 Å². The van der Waals surface area contributed by atoms with Gasteiger partial charge in [-0.3, -0.25) is 0 Å². The molecule has 1 aliphatic carbocycles. The van der Waals surface area contributed by atoms with Crippen molar-refractivity contribution in [3.05, 3.63) is 24.3 Å². The minimum Gasteiger partial charge on any atom is -0.207 e. The Balaban J connectivity index is 2.36. The summed E-state index contributed by atoms with van der Waals surface area (Å²) in [5, 5.41) is 0. The lowest BCUT2D eigenvalue weighted by Crippen LogP contribution is -2.32. The molecule has 0 saturated heterocycles. The molecule has 0 aromatic heterocycles. The highest BCUT2D eigenvalue weighted by atomic mass is 35.7. The predicted molar refractivity (Wildman–Crippen MR) is 72.1 cm³/mol. The van der Waals surface area contributed by atoms with Gasteiger partial charge in [-0.2, -0.15) is 4.31 Å². The first-order chi connectivity index (χ1) is 8.76. The van der Waals surface area contributed by atoms with Crippen LogP contribution < -0.4 is 0 Å². The van der Waals surface area contributed by atoms with Gasteiger partial charge in [0, 0.05) is 23.3 Å². The van der Waals surface area contributed by atoms with Crippen LogP contribution in [0.3, 0.4) is 0 Å². The fourth-order valence-corrected chi connectivity index (χ4v) is 4.36. The molecule has 0 aliphatic heterocycles. The number of hydrogen-bond donors (Lipinski definition) is 0. The molecule has 1 saturated carbocycles. The summed E-state index contributed by atoms with van der Waals surface area (Å²) >= 11 is 0. The van der Waals surface area contributed by atoms with Crippen LogP contribution in [0.4, 0.5) is 0 Å². The molecule has 8 heteroatoms. The molecule has 0 spiro atoms. The maximum atomic E-state index is 12.3. The Bertz CT molecular complexity index is 663. The van der Waals surface area contributed by atoms with Crippen molar-refractivity contribution < 1.29 is 16.8 Å². The molecule has 0 N–H and O–H groups in total. The monoisotopic (exact) mass is 323 g/mol. The van der Waals surface area contributed by atoms with E-state index in [1.54, 1.807) is 6.92 Å². The maximum Gasteiger partial charge on any atom is 0.261 e. The van der Waals surface area contributed by atoms with Gasteiger partial charge < -0.3 is 0 Å². The topological polar surface area (TPSA) is 71.5 Å². The molecule has 1 aromatic rings. The number of sulfonamides is 1. The smallest absolute Gasteiger partial charge is 0.207 e. The Morgan fingerprint density at radius 2 is 1.58 bits per heavy atom. The lowest BCUT2D eigenvalue weighted by Gasteiger charge is -2.19. The van der Waals surface area contributed by atoms with E-state index in [9.17, 15) is 16.8 Å². The van der Waals surface area contributed by atoms with Crippen LogP contribution in [0.1, 0.15) is 19.8 Å². The third-order valence-corrected chi connectivity index (χ3v) is 6.39. The number of hydrogen-bond acceptors (Lipinski definition) is 4. The van der Waals surface area contributed by atoms with Gasteiger partial charge in [0.25, 0.3) is 9.05 Å². The Morgan fingerprint density at radius 3 is 1.95 bits per heavy atom. The molecule has 0 unspecified atom stereocenters. The molecule has 0 bridgehead atoms. The molecule has 106 valence electrons. The van der Waals surface area contributed by atoms with E-state index < -0.39 is 19.1 Å². The number of nitrogens with zero attached hydrogens (tertiary/aromatic N) is 1. The highest BCUT2D eigenvalue weighted by Crippen LogP contribution is 2.32. The van der Waals surface area contributed by atoms with Crippen molar-refractivity contribution in [2.24, 2.45) is 0 Å². The van der Waals surface area contributed by atoms with Gasteiger partial charge in [-0.05, 0) is 37.1 Å². The fourth-order valence-electron chi connectivity index (χ4n) is 1.90. The molecular weight excluding hydrogens is 310 g/mol. The van der Waals surface area contributed by atoms with Crippen LogP contribution in [-0.2, 0) is 19.1 Å². The van der Waals surface area contributed by atoms with Crippen LogP contribution in [0, 0.1) is 0 Å². The summed E-state index contributed by atoms with van der Waals surface area (Å²) in [5.74, 6) is 0. The first-order valence-electron chi connectivity index (χ1n) is 5.83. The van der Waals surface area contributed by atoms with E-state index in [0.29, 0.717) is 6.54 Å². The van der Waals surface area contributed by atoms with Crippen molar-refractivity contribution in [1.82, 2.24) is 4.31 Å². The quantitative estimate of drug-likeness (QED) is 0.774. The first-order valence-corrected chi connectivity index (χ1v) is 9.58. The second kappa shape index (κ2) is 5.05. The Morgan fingerprint density at radius 1 is 1.11 bits per heavy atom. The Labute approximate surface area is 117 Å². The highest BCUT2D eigenvalue weighted by Gasteiger charge is 2.36. The van der Waals surface area contributed by atoms with Gasteiger partial charge in [-0.25, -0.2) is 16.8 Å². The van der Waals surface area contributed by atoms with E-state index in [0.717, 1.165) is 12.8 Å². The molecule has 1 aromatic carbocycles. The molecule has 1 aliphatic rings. The predicted octanol–water partition coefficient (Wildman–Crippen LogP) is 1.79. The second-order valence-electron chi connectivity index (χ2n) is 4.35. The summed E-state index contributed by atoms with van der Waals surface area (Å²) in [6.07, 6.45) is 1.75. The molecule has 19 heavy (non-hydrogen) atoms. The zero-order chi connectivity index (χ0) is 14.3. The van der Waals surface area contributed by atoms with Crippen LogP contribution in [0.5, 0.6) is 0 Å². The SMILES string of the molecule is CCN(C1CC1)S(=O)(=O)c1ccc(S(=O)(=O)Cl)cc1. The largest absolute Gasteiger partial charge is 0.261 e. The van der Waals surface area contributed by atoms with Gasteiger partial charge >= 0.3 is 0 Å². The highest BCUT2D eigenvalue weighted by molar-refractivity contribution is 8.13. The maximum absolute atomic E-state index is 12.3. The average molecular weight is 324 g/mol. The lowest BCUT2D eigenvalue weighted by molar-refractivity contribution is 0.421. The summed E-state index contributed by atoms with van der Waals surface area (Å²) in [6.45, 7) is 2.19. The molecule has 2 rings (SSSR count). The summed E-state index contributed by atoms with van der Waals surface area (Å²) in [4.78, 5) is -0.0205. The van der Waals surface area contributed by atoms with Crippen LogP contribution in [0.15, 0.2) is 34.1 Å². The first kappa shape index (κ1) is 14.8. The Kier molecular flexibility index (Phi) is 3.92. The van der Waals surface area contributed by atoms with Gasteiger partial charge in [0.15, 0.2) is 0 Å². The molecule has 0 heterocycles. The standard InChI is InChI=1S/C11H14ClNO4S2/c1-2-13(9-3-4-9)19(16,17)11-7-5-10(6-8-11)18(12,14)15/h5-9H,2-4H2,1H3. The normalized spacial score (nSPS) is 16.8. The number of benzene rings is 1. The molecular formula is C11H14ClNO4S2. The lowest BCUT2D eigenvalue weighted by atomic mass is 10.4. The van der Waals surface area contributed by atoms with Crippen LogP contribution >= 0.6 is 10.7 Å². The average Bonchev–Trinajstić information content (AvgIpc) is 3.13. The van der Waals surface area contributed by atoms with Crippen molar-refractivity contribution >= 4 is 29.8 Å². The van der Waals surface area contributed by atoms with Gasteiger partial charge in [0.05, 0.1) is 9.79 Å². The van der Waals surface area contributed by atoms with Gasteiger partial charge in [0.1, 0.15) is 0 Å². The van der Waals surface area contributed by atoms with Crippen LogP contribution in [0.2, 0.25) is 0 Å². The Hall–Kier alpha value is -0.630. The minimum absolute atomic E-state index is 0.0754. The van der Waals surface area contributed by atoms with Gasteiger partial charge in [0.2, 0.25) is 10.0 Å². The molecule has 5 nitrogen and oxygen atoms in total. The van der Waals surface area contributed by atoms with E-state index in [1.807, 2.05) is 0 Å². The van der Waals surface area contributed by atoms with Crippen molar-refractivity contribution in [1.29, 1.82) is 0 Å². The second-order valence-corrected chi connectivity index (χ2v) is 8.81. The van der Waals surface area contributed by atoms with Crippen molar-refractivity contribution in [3.8, 4) is 0 Å². The van der Waals surface area contributed by atoms with E-state index in [4.69, 9.17) is 10.7 Å². The van der Waals surface area contributed by atoms with Crippen molar-refractivity contribution in [2.45, 2.75) is 35.6 Å². The summed E-state index contributed by atoms with van der Waals surface area (Å²) < 4.78 is 48.4. The minimum atomic E-state index is -3.83. The van der Waals surface area contributed by atoms with Gasteiger partial charge in [-0.1, -0.05) is 6.92 Å². The number of halogens is 1. The van der Waals surface area contributed by atoms with Crippen LogP contribution in [0.25, 0.3) is 0 Å². The summed E-state index contributed by atoms with van der Waals surface area (Å²) in [6, 6.07) is 5.03. The van der Waals surface area contributed by atoms with Crippen molar-refractivity contribution in [2.75, 3.05) is 6.54 Å². The third kappa shape index (κ3) is 3.10. The molecule has 0 radical (unpaired) electrons. The van der Waals surface area contributed by atoms with E-state index in [1.165, 1.54) is 28.6 Å². The van der Waals surface area contributed by atoms with E-state index >= 15 is 0 Å². The van der Waals surface area contributed by atoms with Crippen LogP contribution in [-0.4, -0.2) is 33.7 Å².